The van der Waals surface area contributed by atoms with E-state index in [2.05, 4.69) is 10.5 Å². The Kier molecular flexibility index (Phi) is 4.33. The van der Waals surface area contributed by atoms with E-state index in [0.29, 0.717) is 5.56 Å². The summed E-state index contributed by atoms with van der Waals surface area (Å²) in [5.41, 5.74) is 2.67. The topological polar surface area (TPSA) is 125 Å². The molecule has 0 aromatic heterocycles. The van der Waals surface area contributed by atoms with Crippen LogP contribution in [-0.2, 0) is 0 Å². The van der Waals surface area contributed by atoms with Crippen LogP contribution in [0.25, 0.3) is 0 Å². The molecule has 0 heterocycles. The van der Waals surface area contributed by atoms with Gasteiger partial charge in [0.25, 0.3) is 11.6 Å². The highest BCUT2D eigenvalue weighted by molar-refractivity contribution is 5.97. The predicted octanol–water partition coefficient (Wildman–Crippen LogP) is 1.77. The highest BCUT2D eigenvalue weighted by atomic mass is 16.6. The smallest absolute Gasteiger partial charge is 0.275 e. The Balaban J connectivity index is 2.02. The lowest BCUT2D eigenvalue weighted by molar-refractivity contribution is -0.384. The second kappa shape index (κ2) is 6.35. The standard InChI is InChI=1S/C14H11N3O5/c18-11-5-6-12(13(19)7-11)14(20)16-15-8-9-1-3-10(4-2-9)17(21)22/h1-8,18-19H,(H,16,20). The van der Waals surface area contributed by atoms with Crippen molar-refractivity contribution >= 4 is 17.8 Å². The highest BCUT2D eigenvalue weighted by Crippen LogP contribution is 2.22. The van der Waals surface area contributed by atoms with Gasteiger partial charge in [-0.15, -0.1) is 0 Å². The van der Waals surface area contributed by atoms with Crippen molar-refractivity contribution in [2.24, 2.45) is 5.10 Å². The van der Waals surface area contributed by atoms with Crippen molar-refractivity contribution < 1.29 is 19.9 Å². The van der Waals surface area contributed by atoms with Crippen LogP contribution in [0, 0.1) is 10.1 Å². The lowest BCUT2D eigenvalue weighted by Gasteiger charge is -2.03. The molecule has 2 rings (SSSR count). The minimum absolute atomic E-state index is 0.0429. The maximum absolute atomic E-state index is 11.8. The first kappa shape index (κ1) is 15.0. The van der Waals surface area contributed by atoms with Crippen molar-refractivity contribution in [1.29, 1.82) is 0 Å². The molecular weight excluding hydrogens is 290 g/mol. The molecule has 0 bridgehead atoms. The molecule has 0 spiro atoms. The Hall–Kier alpha value is -3.42. The van der Waals surface area contributed by atoms with Gasteiger partial charge in [0.1, 0.15) is 11.5 Å². The highest BCUT2D eigenvalue weighted by Gasteiger charge is 2.10. The quantitative estimate of drug-likeness (QED) is 0.451. The molecule has 0 aliphatic rings. The normalized spacial score (nSPS) is 10.5. The Morgan fingerprint density at radius 2 is 1.86 bits per heavy atom. The van der Waals surface area contributed by atoms with Crippen molar-refractivity contribution in [3.63, 3.8) is 0 Å². The lowest BCUT2D eigenvalue weighted by atomic mass is 10.2. The summed E-state index contributed by atoms with van der Waals surface area (Å²) in [4.78, 5) is 21.7. The number of hydrogen-bond acceptors (Lipinski definition) is 6. The van der Waals surface area contributed by atoms with E-state index in [9.17, 15) is 20.0 Å². The molecule has 8 heteroatoms. The zero-order chi connectivity index (χ0) is 16.1. The van der Waals surface area contributed by atoms with E-state index in [0.717, 1.165) is 6.07 Å². The Morgan fingerprint density at radius 1 is 1.18 bits per heavy atom. The third-order valence-corrected chi connectivity index (χ3v) is 2.71. The fraction of sp³-hybridized carbons (Fsp3) is 0. The first-order valence-corrected chi connectivity index (χ1v) is 6.07. The van der Waals surface area contributed by atoms with Crippen molar-refractivity contribution in [3.05, 3.63) is 63.7 Å². The molecule has 0 aliphatic heterocycles. The molecule has 3 N–H and O–H groups in total. The number of nitrogens with zero attached hydrogens (tertiary/aromatic N) is 2. The van der Waals surface area contributed by atoms with Gasteiger partial charge in [-0.1, -0.05) is 0 Å². The molecule has 0 atom stereocenters. The van der Waals surface area contributed by atoms with Crippen LogP contribution in [0.2, 0.25) is 0 Å². The van der Waals surface area contributed by atoms with Gasteiger partial charge in [-0.05, 0) is 29.8 Å². The summed E-state index contributed by atoms with van der Waals surface area (Å²) in [5, 5.41) is 32.9. The van der Waals surface area contributed by atoms with Gasteiger partial charge < -0.3 is 10.2 Å². The van der Waals surface area contributed by atoms with Crippen LogP contribution in [0.3, 0.4) is 0 Å². The zero-order valence-electron chi connectivity index (χ0n) is 11.1. The molecule has 0 aliphatic carbocycles. The van der Waals surface area contributed by atoms with Gasteiger partial charge in [0.05, 0.1) is 16.7 Å². The van der Waals surface area contributed by atoms with E-state index in [1.165, 1.54) is 42.6 Å². The number of nitro benzene ring substituents is 1. The molecule has 8 nitrogen and oxygen atoms in total. The largest absolute Gasteiger partial charge is 0.508 e. The third kappa shape index (κ3) is 3.57. The number of amides is 1. The van der Waals surface area contributed by atoms with Gasteiger partial charge in [0.2, 0.25) is 0 Å². The molecule has 22 heavy (non-hydrogen) atoms. The number of phenols is 2. The molecule has 0 radical (unpaired) electrons. The molecule has 1 amide bonds. The lowest BCUT2D eigenvalue weighted by Crippen LogP contribution is -2.17. The number of carbonyl (C=O) groups excluding carboxylic acids is 1. The number of hydrazone groups is 1. The summed E-state index contributed by atoms with van der Waals surface area (Å²) < 4.78 is 0. The second-order valence-corrected chi connectivity index (χ2v) is 4.25. The monoisotopic (exact) mass is 301 g/mol. The van der Waals surface area contributed by atoms with E-state index >= 15 is 0 Å². The van der Waals surface area contributed by atoms with E-state index in [4.69, 9.17) is 5.11 Å². The summed E-state index contributed by atoms with van der Waals surface area (Å²) in [6.07, 6.45) is 1.30. The van der Waals surface area contributed by atoms with Crippen molar-refractivity contribution in [2.45, 2.75) is 0 Å². The van der Waals surface area contributed by atoms with E-state index in [1.807, 2.05) is 0 Å². The number of nitro groups is 1. The molecule has 0 unspecified atom stereocenters. The minimum atomic E-state index is -0.657. The number of non-ortho nitro benzene ring substituents is 1. The number of aromatic hydroxyl groups is 2. The Labute approximate surface area is 124 Å². The fourth-order valence-electron chi connectivity index (χ4n) is 1.62. The Morgan fingerprint density at radius 3 is 2.45 bits per heavy atom. The van der Waals surface area contributed by atoms with Crippen molar-refractivity contribution in [1.82, 2.24) is 5.43 Å². The fourth-order valence-corrected chi connectivity index (χ4v) is 1.62. The van der Waals surface area contributed by atoms with Crippen molar-refractivity contribution in [3.8, 4) is 11.5 Å². The SMILES string of the molecule is O=C(NN=Cc1ccc([N+](=O)[O-])cc1)c1ccc(O)cc1O. The van der Waals surface area contributed by atoms with Crippen LogP contribution < -0.4 is 5.43 Å². The zero-order valence-corrected chi connectivity index (χ0v) is 11.1. The maximum Gasteiger partial charge on any atom is 0.275 e. The minimum Gasteiger partial charge on any atom is -0.508 e. The number of hydrogen-bond donors (Lipinski definition) is 3. The van der Waals surface area contributed by atoms with E-state index in [1.54, 1.807) is 0 Å². The number of nitrogens with one attached hydrogen (secondary N) is 1. The summed E-state index contributed by atoms with van der Waals surface area (Å²) in [6, 6.07) is 9.13. The predicted molar refractivity (Wildman–Crippen MR) is 77.9 cm³/mol. The van der Waals surface area contributed by atoms with Gasteiger partial charge in [0.15, 0.2) is 0 Å². The molecular formula is C14H11N3O5. The van der Waals surface area contributed by atoms with Gasteiger partial charge in [-0.25, -0.2) is 5.43 Å². The Bertz CT molecular complexity index is 741. The van der Waals surface area contributed by atoms with Crippen LogP contribution in [0.4, 0.5) is 5.69 Å². The van der Waals surface area contributed by atoms with Gasteiger partial charge in [-0.3, -0.25) is 14.9 Å². The summed E-state index contributed by atoms with van der Waals surface area (Å²) in [6.45, 7) is 0. The number of carbonyl (C=O) groups is 1. The van der Waals surface area contributed by atoms with Gasteiger partial charge in [-0.2, -0.15) is 5.10 Å². The van der Waals surface area contributed by atoms with Crippen LogP contribution in [0.1, 0.15) is 15.9 Å². The van der Waals surface area contributed by atoms with Crippen LogP contribution in [0.15, 0.2) is 47.6 Å². The first-order chi connectivity index (χ1) is 10.5. The average molecular weight is 301 g/mol. The van der Waals surface area contributed by atoms with E-state index < -0.39 is 10.8 Å². The number of benzene rings is 2. The second-order valence-electron chi connectivity index (χ2n) is 4.25. The van der Waals surface area contributed by atoms with Crippen LogP contribution in [-0.4, -0.2) is 27.3 Å². The molecule has 0 fully saturated rings. The van der Waals surface area contributed by atoms with Crippen molar-refractivity contribution in [2.75, 3.05) is 0 Å². The number of rotatable bonds is 4. The molecule has 0 saturated heterocycles. The third-order valence-electron chi connectivity index (χ3n) is 2.71. The molecule has 0 saturated carbocycles. The molecule has 2 aromatic carbocycles. The van der Waals surface area contributed by atoms with Crippen LogP contribution in [0.5, 0.6) is 11.5 Å². The summed E-state index contributed by atoms with van der Waals surface area (Å²) in [7, 11) is 0. The van der Waals surface area contributed by atoms with Gasteiger partial charge in [0, 0.05) is 18.2 Å². The average Bonchev–Trinajstić information content (AvgIpc) is 2.47. The molecule has 112 valence electrons. The molecule has 2 aromatic rings. The van der Waals surface area contributed by atoms with Crippen LogP contribution >= 0.6 is 0 Å². The maximum atomic E-state index is 11.8. The first-order valence-electron chi connectivity index (χ1n) is 6.07. The summed E-state index contributed by atoms with van der Waals surface area (Å²) >= 11 is 0. The van der Waals surface area contributed by atoms with E-state index in [-0.39, 0.29) is 22.7 Å². The summed E-state index contributed by atoms with van der Waals surface area (Å²) in [5.74, 6) is -1.19. The van der Waals surface area contributed by atoms with Gasteiger partial charge >= 0.3 is 0 Å². The number of phenolic OH excluding ortho intramolecular Hbond substituents is 2.